The van der Waals surface area contributed by atoms with Crippen LogP contribution in [-0.2, 0) is 11.4 Å². The molecule has 1 fully saturated rings. The molecule has 1 aliphatic heterocycles. The van der Waals surface area contributed by atoms with Crippen molar-refractivity contribution in [2.45, 2.75) is 13.5 Å². The van der Waals surface area contributed by atoms with Crippen LogP contribution in [0.3, 0.4) is 0 Å². The fraction of sp³-hybridized carbons (Fsp3) is 0.115. The molecule has 0 unspecified atom stereocenters. The quantitative estimate of drug-likeness (QED) is 0.182. The Kier molecular flexibility index (Phi) is 8.55. The molecule has 0 spiro atoms. The average molecular weight is 651 g/mol. The summed E-state index contributed by atoms with van der Waals surface area (Å²) in [4.78, 5) is 26.1. The molecule has 0 aliphatic carbocycles. The van der Waals surface area contributed by atoms with Gasteiger partial charge in [-0.05, 0) is 88.8 Å². The zero-order valence-corrected chi connectivity index (χ0v) is 23.8. The van der Waals surface area contributed by atoms with Gasteiger partial charge >= 0.3 is 0 Å². The number of carbonyl (C=O) groups excluding carboxylic acids is 2. The molecule has 36 heavy (non-hydrogen) atoms. The summed E-state index contributed by atoms with van der Waals surface area (Å²) in [6, 6.07) is 18.6. The van der Waals surface area contributed by atoms with E-state index in [-0.39, 0.29) is 9.88 Å². The van der Waals surface area contributed by atoms with Crippen molar-refractivity contribution >= 4 is 80.4 Å². The molecule has 10 heteroatoms. The van der Waals surface area contributed by atoms with Crippen molar-refractivity contribution in [3.63, 3.8) is 0 Å². The minimum Gasteiger partial charge on any atom is -0.493 e. The number of benzene rings is 3. The second kappa shape index (κ2) is 11.6. The third-order valence-electron chi connectivity index (χ3n) is 5.15. The Hall–Kier alpha value is -2.60. The Balaban J connectivity index is 1.52. The predicted molar refractivity (Wildman–Crippen MR) is 155 cm³/mol. The Bertz CT molecular complexity index is 1380. The number of aryl methyl sites for hydroxylation is 1. The van der Waals surface area contributed by atoms with Gasteiger partial charge in [0.1, 0.15) is 6.61 Å². The second-order valence-corrected chi connectivity index (χ2v) is 11.0. The van der Waals surface area contributed by atoms with Crippen LogP contribution in [0.5, 0.6) is 11.5 Å². The maximum Gasteiger partial charge on any atom is 0.285 e. The highest BCUT2D eigenvalue weighted by atomic mass is 127. The molecule has 0 atom stereocenters. The van der Waals surface area contributed by atoms with Crippen molar-refractivity contribution in [1.29, 1.82) is 0 Å². The molecule has 6 nitrogen and oxygen atoms in total. The van der Waals surface area contributed by atoms with E-state index in [1.54, 1.807) is 37.5 Å². The number of hydrazine groups is 1. The van der Waals surface area contributed by atoms with Crippen molar-refractivity contribution < 1.29 is 19.1 Å². The monoisotopic (exact) mass is 650 g/mol. The lowest BCUT2D eigenvalue weighted by Gasteiger charge is -2.16. The molecule has 1 saturated heterocycles. The number of ether oxygens (including phenoxy) is 2. The maximum absolute atomic E-state index is 13.0. The van der Waals surface area contributed by atoms with E-state index in [1.165, 1.54) is 0 Å². The number of nitrogens with one attached hydrogen (secondary N) is 1. The first-order valence-corrected chi connectivity index (χ1v) is 13.3. The van der Waals surface area contributed by atoms with Crippen LogP contribution in [-0.4, -0.2) is 28.3 Å². The van der Waals surface area contributed by atoms with Crippen LogP contribution in [0, 0.1) is 10.5 Å². The number of hydrogen-bond acceptors (Lipinski definition) is 6. The van der Waals surface area contributed by atoms with Crippen molar-refractivity contribution in [3.8, 4) is 11.5 Å². The van der Waals surface area contributed by atoms with E-state index < -0.39 is 11.8 Å². The van der Waals surface area contributed by atoms with Gasteiger partial charge in [-0.25, -0.2) is 0 Å². The van der Waals surface area contributed by atoms with Gasteiger partial charge in [0.05, 0.1) is 26.2 Å². The predicted octanol–water partition coefficient (Wildman–Crippen LogP) is 6.39. The van der Waals surface area contributed by atoms with E-state index in [9.17, 15) is 9.59 Å². The Morgan fingerprint density at radius 3 is 2.64 bits per heavy atom. The number of nitrogens with zero attached hydrogens (tertiary/aromatic N) is 1. The number of rotatable bonds is 7. The van der Waals surface area contributed by atoms with Gasteiger partial charge < -0.3 is 9.47 Å². The number of halogens is 2. The van der Waals surface area contributed by atoms with E-state index in [2.05, 4.69) is 28.0 Å². The molecular formula is C26H20ClIN2O4S2. The van der Waals surface area contributed by atoms with Gasteiger partial charge in [-0.2, -0.15) is 5.01 Å². The summed E-state index contributed by atoms with van der Waals surface area (Å²) in [5, 5.41) is 1.36. The molecule has 0 saturated carbocycles. The number of thioether (sulfide) groups is 1. The molecule has 4 rings (SSSR count). The summed E-state index contributed by atoms with van der Waals surface area (Å²) >= 11 is 14.8. The Morgan fingerprint density at radius 1 is 1.19 bits per heavy atom. The highest BCUT2D eigenvalue weighted by Crippen LogP contribution is 2.37. The zero-order chi connectivity index (χ0) is 25.8. The van der Waals surface area contributed by atoms with Crippen LogP contribution in [0.1, 0.15) is 27.0 Å². The zero-order valence-electron chi connectivity index (χ0n) is 19.2. The molecule has 184 valence electrons. The first-order chi connectivity index (χ1) is 17.3. The van der Waals surface area contributed by atoms with E-state index in [4.69, 9.17) is 33.3 Å². The number of thiocarbonyl (C=S) groups is 1. The first kappa shape index (κ1) is 26.5. The lowest BCUT2D eigenvalue weighted by atomic mass is 10.1. The minimum atomic E-state index is -0.520. The third kappa shape index (κ3) is 6.03. The van der Waals surface area contributed by atoms with Crippen LogP contribution < -0.4 is 14.9 Å². The summed E-state index contributed by atoms with van der Waals surface area (Å²) in [5.74, 6) is 0.212. The van der Waals surface area contributed by atoms with Gasteiger partial charge in [0.15, 0.2) is 15.8 Å². The normalized spacial score (nSPS) is 14.3. The number of hydrogen-bond donors (Lipinski definition) is 1. The molecule has 0 radical (unpaired) electrons. The van der Waals surface area contributed by atoms with Crippen LogP contribution in [0.15, 0.2) is 65.6 Å². The summed E-state index contributed by atoms with van der Waals surface area (Å²) in [6.07, 6.45) is 1.70. The largest absolute Gasteiger partial charge is 0.493 e. The SMILES string of the molecule is COc1cc(/C=C2/SC(=S)N(NC(=O)c3ccc(C)cc3Cl)C2=O)cc(I)c1OCc1ccccc1. The van der Waals surface area contributed by atoms with Gasteiger partial charge in [-0.3, -0.25) is 15.0 Å². The summed E-state index contributed by atoms with van der Waals surface area (Å²) in [6.45, 7) is 2.27. The van der Waals surface area contributed by atoms with E-state index in [0.717, 1.165) is 37.0 Å². The second-order valence-electron chi connectivity index (χ2n) is 7.75. The number of amides is 2. The van der Waals surface area contributed by atoms with Gasteiger partial charge in [0.2, 0.25) is 0 Å². The Morgan fingerprint density at radius 2 is 1.94 bits per heavy atom. The molecule has 1 heterocycles. The lowest BCUT2D eigenvalue weighted by Crippen LogP contribution is -2.44. The van der Waals surface area contributed by atoms with Crippen LogP contribution in [0.2, 0.25) is 5.02 Å². The van der Waals surface area contributed by atoms with Gasteiger partial charge in [-0.1, -0.05) is 59.8 Å². The van der Waals surface area contributed by atoms with E-state index >= 15 is 0 Å². The third-order valence-corrected chi connectivity index (χ3v) is 7.57. The van der Waals surface area contributed by atoms with Gasteiger partial charge in [0.25, 0.3) is 11.8 Å². The Labute approximate surface area is 237 Å². The van der Waals surface area contributed by atoms with E-state index in [0.29, 0.717) is 28.0 Å². The fourth-order valence-corrected chi connectivity index (χ4v) is 5.66. The summed E-state index contributed by atoms with van der Waals surface area (Å²) < 4.78 is 12.6. The molecule has 2 amide bonds. The molecule has 0 aromatic heterocycles. The topological polar surface area (TPSA) is 67.9 Å². The van der Waals surface area contributed by atoms with Crippen molar-refractivity contribution in [3.05, 3.63) is 96.4 Å². The van der Waals surface area contributed by atoms with E-state index in [1.807, 2.05) is 43.3 Å². The standard InChI is InChI=1S/C26H20ClIN2O4S2/c1-15-8-9-18(19(27)10-15)24(31)29-30-25(32)22(36-26(30)35)13-17-11-20(28)23(21(12-17)33-2)34-14-16-6-4-3-5-7-16/h3-13H,14H2,1-2H3,(H,29,31)/b22-13+. The van der Waals surface area contributed by atoms with Gasteiger partial charge in [0, 0.05) is 0 Å². The van der Waals surface area contributed by atoms with Gasteiger partial charge in [-0.15, -0.1) is 0 Å². The molecule has 0 bridgehead atoms. The smallest absolute Gasteiger partial charge is 0.285 e. The lowest BCUT2D eigenvalue weighted by molar-refractivity contribution is -0.123. The highest BCUT2D eigenvalue weighted by molar-refractivity contribution is 14.1. The molecular weight excluding hydrogens is 631 g/mol. The summed E-state index contributed by atoms with van der Waals surface area (Å²) in [5.41, 5.74) is 5.51. The summed E-state index contributed by atoms with van der Waals surface area (Å²) in [7, 11) is 1.57. The number of methoxy groups -OCH3 is 1. The maximum atomic E-state index is 13.0. The molecule has 1 aliphatic rings. The number of carbonyl (C=O) groups is 2. The fourth-order valence-electron chi connectivity index (χ4n) is 3.37. The van der Waals surface area contributed by atoms with Crippen molar-refractivity contribution in [2.75, 3.05) is 7.11 Å². The molecule has 3 aromatic carbocycles. The average Bonchev–Trinajstić information content (AvgIpc) is 3.10. The van der Waals surface area contributed by atoms with Crippen LogP contribution >= 0.6 is 58.2 Å². The van der Waals surface area contributed by atoms with Crippen LogP contribution in [0.4, 0.5) is 0 Å². The van der Waals surface area contributed by atoms with Crippen molar-refractivity contribution in [2.24, 2.45) is 0 Å². The molecule has 1 N–H and O–H groups in total. The minimum absolute atomic E-state index is 0.215. The van der Waals surface area contributed by atoms with Crippen molar-refractivity contribution in [1.82, 2.24) is 10.4 Å². The van der Waals surface area contributed by atoms with Crippen LogP contribution in [0.25, 0.3) is 6.08 Å². The molecule has 3 aromatic rings. The highest BCUT2D eigenvalue weighted by Gasteiger charge is 2.34. The first-order valence-electron chi connectivity index (χ1n) is 10.7.